The van der Waals surface area contributed by atoms with Crippen LogP contribution in [0.15, 0.2) is 127 Å². The number of ether oxygens (including phenoxy) is 4. The molecule has 10 nitrogen and oxygen atoms in total. The number of cyclic esters (lactones) is 4. The average Bonchev–Trinajstić information content (AvgIpc) is 3.78. The SMILES string of the molecule is Cc1cc(C2(C3=CC=C(OC(=O)c4ccc5c(c4)C(=O)OC5=O)C(C)C3C)c3ccccc3-c3ccccc32)ccc1OC(=O)c1ccc2c(c1)C(=O)OC2=O. The first-order chi connectivity index (χ1) is 27.0. The van der Waals surface area contributed by atoms with E-state index >= 15 is 0 Å². The number of esters is 6. The molecule has 0 bridgehead atoms. The van der Waals surface area contributed by atoms with E-state index < -0.39 is 41.2 Å². The van der Waals surface area contributed by atoms with Crippen molar-refractivity contribution in [3.63, 3.8) is 0 Å². The smallest absolute Gasteiger partial charge is 0.346 e. The van der Waals surface area contributed by atoms with Crippen LogP contribution in [0.5, 0.6) is 5.75 Å². The molecule has 2 aliphatic carbocycles. The minimum absolute atomic E-state index is 0.0145. The van der Waals surface area contributed by atoms with Crippen molar-refractivity contribution < 1.29 is 47.7 Å². The molecule has 2 heterocycles. The quantitative estimate of drug-likeness (QED) is 0.0726. The van der Waals surface area contributed by atoms with Crippen LogP contribution in [-0.4, -0.2) is 35.8 Å². The fourth-order valence-electron chi connectivity index (χ4n) is 8.35. The molecule has 56 heavy (non-hydrogen) atoms. The molecule has 2 atom stereocenters. The second-order valence-corrected chi connectivity index (χ2v) is 14.2. The highest BCUT2D eigenvalue weighted by Gasteiger charge is 2.50. The van der Waals surface area contributed by atoms with E-state index in [9.17, 15) is 28.8 Å². The van der Waals surface area contributed by atoms with Crippen molar-refractivity contribution in [2.45, 2.75) is 26.2 Å². The Morgan fingerprint density at radius 2 is 1.07 bits per heavy atom. The molecule has 0 radical (unpaired) electrons. The highest BCUT2D eigenvalue weighted by Crippen LogP contribution is 2.59. The van der Waals surface area contributed by atoms with Gasteiger partial charge >= 0.3 is 35.8 Å². The van der Waals surface area contributed by atoms with Gasteiger partial charge in [-0.3, -0.25) is 0 Å². The van der Waals surface area contributed by atoms with Gasteiger partial charge in [0, 0.05) is 5.92 Å². The van der Waals surface area contributed by atoms with Crippen molar-refractivity contribution >= 4 is 35.8 Å². The zero-order valence-corrected chi connectivity index (χ0v) is 30.2. The lowest BCUT2D eigenvalue weighted by Crippen LogP contribution is -2.36. The standard InChI is InChI=1S/C46H30O10/c1-23-20-28(14-18-38(23)53-40(47)26-12-15-31-33(21-26)44(51)55-42(31)49)46(36-10-6-4-8-29(36)30-9-5-7-11-37(30)46)35-17-19-39(25(3)24(35)2)54-41(48)27-13-16-32-34(22-27)45(52)56-43(32)50/h4-22,24-25H,1-3H3. The van der Waals surface area contributed by atoms with Crippen LogP contribution in [0.1, 0.15) is 98.2 Å². The number of allylic oxidation sites excluding steroid dienone is 4. The highest BCUT2D eigenvalue weighted by molar-refractivity contribution is 6.16. The predicted octanol–water partition coefficient (Wildman–Crippen LogP) is 8.10. The Morgan fingerprint density at radius 3 is 1.62 bits per heavy atom. The van der Waals surface area contributed by atoms with Gasteiger partial charge in [-0.1, -0.05) is 80.6 Å². The lowest BCUT2D eigenvalue weighted by Gasteiger charge is -2.42. The Kier molecular flexibility index (Phi) is 7.84. The maximum Gasteiger partial charge on any atom is 0.346 e. The lowest BCUT2D eigenvalue weighted by atomic mass is 9.61. The Morgan fingerprint density at radius 1 is 0.554 bits per heavy atom. The summed E-state index contributed by atoms with van der Waals surface area (Å²) in [6.45, 7) is 5.96. The lowest BCUT2D eigenvalue weighted by molar-refractivity contribution is 0.0425. The van der Waals surface area contributed by atoms with Crippen molar-refractivity contribution in [1.82, 2.24) is 0 Å². The second-order valence-electron chi connectivity index (χ2n) is 14.2. The Hall–Kier alpha value is -7.20. The summed E-state index contributed by atoms with van der Waals surface area (Å²) in [5.74, 6) is -4.14. The monoisotopic (exact) mass is 742 g/mol. The van der Waals surface area contributed by atoms with Crippen molar-refractivity contribution in [1.29, 1.82) is 0 Å². The number of carbonyl (C=O) groups excluding carboxylic acids is 6. The van der Waals surface area contributed by atoms with E-state index in [2.05, 4.69) is 40.7 Å². The number of rotatable bonds is 6. The molecule has 5 aromatic rings. The van der Waals surface area contributed by atoms with Crippen molar-refractivity contribution in [3.8, 4) is 16.9 Å². The molecule has 0 saturated heterocycles. The maximum atomic E-state index is 13.4. The molecule has 9 rings (SSSR count). The summed E-state index contributed by atoms with van der Waals surface area (Å²) in [5.41, 5.74) is 6.66. The van der Waals surface area contributed by atoms with Gasteiger partial charge in [0.25, 0.3) is 0 Å². The molecule has 4 aliphatic rings. The molecule has 0 saturated carbocycles. The van der Waals surface area contributed by atoms with E-state index in [0.29, 0.717) is 17.1 Å². The van der Waals surface area contributed by atoms with Crippen molar-refractivity contribution in [2.24, 2.45) is 11.8 Å². The molecule has 0 amide bonds. The normalized spacial score (nSPS) is 18.5. The third-order valence-corrected chi connectivity index (χ3v) is 11.3. The summed E-state index contributed by atoms with van der Waals surface area (Å²) in [6.07, 6.45) is 3.83. The highest BCUT2D eigenvalue weighted by atomic mass is 16.6. The zero-order valence-electron chi connectivity index (χ0n) is 30.2. The maximum absolute atomic E-state index is 13.4. The van der Waals surface area contributed by atoms with Gasteiger partial charge in [-0.25, -0.2) is 28.8 Å². The second kappa shape index (κ2) is 12.7. The fourth-order valence-corrected chi connectivity index (χ4v) is 8.35. The van der Waals surface area contributed by atoms with Gasteiger partial charge < -0.3 is 18.9 Å². The Bertz CT molecular complexity index is 2670. The summed E-state index contributed by atoms with van der Waals surface area (Å²) >= 11 is 0. The van der Waals surface area contributed by atoms with Gasteiger partial charge in [0.05, 0.1) is 38.8 Å². The summed E-state index contributed by atoms with van der Waals surface area (Å²) in [7, 11) is 0. The first-order valence-corrected chi connectivity index (χ1v) is 18.0. The number of carbonyl (C=O) groups is 6. The number of hydrogen-bond donors (Lipinski definition) is 0. The van der Waals surface area contributed by atoms with E-state index in [4.69, 9.17) is 9.47 Å². The third-order valence-electron chi connectivity index (χ3n) is 11.3. The Labute approximate surface area is 320 Å². The van der Waals surface area contributed by atoms with E-state index in [0.717, 1.165) is 33.4 Å². The van der Waals surface area contributed by atoms with Crippen LogP contribution in [0, 0.1) is 18.8 Å². The van der Waals surface area contributed by atoms with Gasteiger partial charge in [0.15, 0.2) is 0 Å². The van der Waals surface area contributed by atoms with Gasteiger partial charge in [0.1, 0.15) is 11.5 Å². The zero-order chi connectivity index (χ0) is 39.0. The van der Waals surface area contributed by atoms with E-state index in [-0.39, 0.29) is 45.2 Å². The topological polar surface area (TPSA) is 139 Å². The number of fused-ring (bicyclic) bond motifs is 5. The predicted molar refractivity (Wildman–Crippen MR) is 200 cm³/mol. The van der Waals surface area contributed by atoms with Crippen molar-refractivity contribution in [3.05, 3.63) is 182 Å². The molecule has 5 aromatic carbocycles. The average molecular weight is 743 g/mol. The van der Waals surface area contributed by atoms with Gasteiger partial charge in [-0.2, -0.15) is 0 Å². The van der Waals surface area contributed by atoms with Crippen LogP contribution >= 0.6 is 0 Å². The van der Waals surface area contributed by atoms with Crippen LogP contribution in [0.25, 0.3) is 11.1 Å². The largest absolute Gasteiger partial charge is 0.427 e. The fraction of sp³-hybridized carbons (Fsp3) is 0.130. The van der Waals surface area contributed by atoms with Crippen LogP contribution < -0.4 is 4.74 Å². The molecule has 274 valence electrons. The van der Waals surface area contributed by atoms with E-state index in [1.165, 1.54) is 36.4 Å². The molecule has 0 spiro atoms. The van der Waals surface area contributed by atoms with Crippen LogP contribution in [0.3, 0.4) is 0 Å². The minimum Gasteiger partial charge on any atom is -0.427 e. The first-order valence-electron chi connectivity index (χ1n) is 18.0. The summed E-state index contributed by atoms with van der Waals surface area (Å²) < 4.78 is 21.2. The number of benzene rings is 5. The number of aryl methyl sites for hydroxylation is 1. The van der Waals surface area contributed by atoms with Crippen LogP contribution in [0.2, 0.25) is 0 Å². The molecular weight excluding hydrogens is 712 g/mol. The number of hydrogen-bond acceptors (Lipinski definition) is 10. The summed E-state index contributed by atoms with van der Waals surface area (Å²) in [4.78, 5) is 74.9. The van der Waals surface area contributed by atoms with Crippen LogP contribution in [-0.2, 0) is 19.6 Å². The molecule has 0 fully saturated rings. The minimum atomic E-state index is -0.811. The molecule has 2 unspecified atom stereocenters. The summed E-state index contributed by atoms with van der Waals surface area (Å²) in [5, 5.41) is 0. The van der Waals surface area contributed by atoms with Gasteiger partial charge in [0.2, 0.25) is 0 Å². The molecular formula is C46H30O10. The van der Waals surface area contributed by atoms with E-state index in [1.807, 2.05) is 62.4 Å². The Balaban J connectivity index is 1.10. The van der Waals surface area contributed by atoms with Crippen LogP contribution in [0.4, 0.5) is 0 Å². The van der Waals surface area contributed by atoms with E-state index in [1.54, 1.807) is 6.07 Å². The summed E-state index contributed by atoms with van der Waals surface area (Å²) in [6, 6.07) is 30.5. The van der Waals surface area contributed by atoms with Crippen molar-refractivity contribution in [2.75, 3.05) is 0 Å². The molecule has 0 aromatic heterocycles. The molecule has 10 heteroatoms. The van der Waals surface area contributed by atoms with Gasteiger partial charge in [-0.15, -0.1) is 0 Å². The first kappa shape index (κ1) is 34.6. The third kappa shape index (κ3) is 5.10. The molecule has 2 aliphatic heterocycles. The van der Waals surface area contributed by atoms with Gasteiger partial charge in [-0.05, 0) is 100 Å². The molecule has 0 N–H and O–H groups in total.